The molecule has 2 N–H and O–H groups in total. The molecule has 112 valence electrons. The van der Waals surface area contributed by atoms with E-state index in [0.29, 0.717) is 17.2 Å². The van der Waals surface area contributed by atoms with Crippen LogP contribution in [0.4, 0.5) is 0 Å². The second-order valence-corrected chi connectivity index (χ2v) is 6.74. The van der Waals surface area contributed by atoms with Gasteiger partial charge in [0.25, 0.3) is 0 Å². The van der Waals surface area contributed by atoms with Gasteiger partial charge in [-0.05, 0) is 36.8 Å². The Kier molecular flexibility index (Phi) is 4.88. The molecule has 0 aliphatic rings. The van der Waals surface area contributed by atoms with Crippen LogP contribution in [0.25, 0.3) is 0 Å². The minimum Gasteiger partial charge on any atom is -0.456 e. The summed E-state index contributed by atoms with van der Waals surface area (Å²) in [6.45, 7) is 3.55. The number of thiophene rings is 1. The van der Waals surface area contributed by atoms with Gasteiger partial charge in [-0.15, -0.1) is 11.3 Å². The molecule has 0 aliphatic heterocycles. The Morgan fingerprint density at radius 1 is 1.33 bits per heavy atom. The largest absolute Gasteiger partial charge is 0.456 e. The lowest BCUT2D eigenvalue weighted by Crippen LogP contribution is -2.36. The summed E-state index contributed by atoms with van der Waals surface area (Å²) in [6.07, 6.45) is 0.522. The molecule has 2 aromatic rings. The maximum atomic E-state index is 11.6. The number of ether oxygens (including phenoxy) is 1. The molecule has 0 atom stereocenters. The second-order valence-electron chi connectivity index (χ2n) is 5.31. The van der Waals surface area contributed by atoms with Crippen LogP contribution >= 0.6 is 22.9 Å². The lowest BCUT2D eigenvalue weighted by molar-refractivity contribution is -0.137. The Labute approximate surface area is 132 Å². The Morgan fingerprint density at radius 2 is 2.00 bits per heavy atom. The van der Waals surface area contributed by atoms with E-state index in [2.05, 4.69) is 0 Å². The summed E-state index contributed by atoms with van der Waals surface area (Å²) >= 11 is 7.34. The van der Waals surface area contributed by atoms with Crippen molar-refractivity contribution >= 4 is 28.8 Å². The Hall–Kier alpha value is -1.56. The molecule has 6 heteroatoms. The van der Waals surface area contributed by atoms with E-state index in [1.54, 1.807) is 43.6 Å². The zero-order valence-corrected chi connectivity index (χ0v) is 13.3. The summed E-state index contributed by atoms with van der Waals surface area (Å²) in [7, 11) is 0. The first kappa shape index (κ1) is 15.8. The zero-order chi connectivity index (χ0) is 15.5. The molecule has 1 aromatic heterocycles. The predicted octanol–water partition coefficient (Wildman–Crippen LogP) is 4.27. The molecule has 1 amide bonds. The van der Waals surface area contributed by atoms with Crippen molar-refractivity contribution in [3.05, 3.63) is 45.6 Å². The van der Waals surface area contributed by atoms with E-state index < -0.39 is 11.3 Å². The average Bonchev–Trinajstić information content (AvgIpc) is 2.86. The van der Waals surface area contributed by atoms with Crippen LogP contribution < -0.4 is 10.2 Å². The standard InChI is InChI=1S/C15H16ClNO3S/c1-15(2,14(18)17-19)8-13-7-12(9-21-13)20-11-5-3-10(16)4-6-11/h3-7,9,19H,8H2,1-2H3,(H,17,18). The van der Waals surface area contributed by atoms with Crippen LogP contribution in [0, 0.1) is 5.41 Å². The fourth-order valence-electron chi connectivity index (χ4n) is 1.81. The normalized spacial score (nSPS) is 11.2. The number of benzene rings is 1. The molecule has 0 saturated carbocycles. The third-order valence-corrected chi connectivity index (χ3v) is 4.18. The van der Waals surface area contributed by atoms with Crippen LogP contribution in [0.2, 0.25) is 5.02 Å². The smallest absolute Gasteiger partial charge is 0.249 e. The molecule has 1 heterocycles. The number of hydrogen-bond donors (Lipinski definition) is 2. The summed E-state index contributed by atoms with van der Waals surface area (Å²) in [6, 6.07) is 9.01. The summed E-state index contributed by atoms with van der Waals surface area (Å²) in [5.74, 6) is 1.02. The van der Waals surface area contributed by atoms with Gasteiger partial charge in [0, 0.05) is 15.3 Å². The molecule has 4 nitrogen and oxygen atoms in total. The van der Waals surface area contributed by atoms with Crippen molar-refractivity contribution in [1.29, 1.82) is 0 Å². The van der Waals surface area contributed by atoms with Crippen molar-refractivity contribution < 1.29 is 14.7 Å². The molecule has 0 saturated heterocycles. The second kappa shape index (κ2) is 6.47. The van der Waals surface area contributed by atoms with E-state index in [1.807, 2.05) is 11.4 Å². The van der Waals surface area contributed by atoms with Crippen LogP contribution in [-0.2, 0) is 11.2 Å². The molecule has 0 bridgehead atoms. The molecule has 0 radical (unpaired) electrons. The topological polar surface area (TPSA) is 58.6 Å². The molecular weight excluding hydrogens is 310 g/mol. The molecule has 0 aliphatic carbocycles. The van der Waals surface area contributed by atoms with Gasteiger partial charge >= 0.3 is 0 Å². The van der Waals surface area contributed by atoms with Crippen LogP contribution in [0.5, 0.6) is 11.5 Å². The molecule has 0 fully saturated rings. The van der Waals surface area contributed by atoms with Gasteiger partial charge in [-0.25, -0.2) is 5.48 Å². The number of carbonyl (C=O) groups excluding carboxylic acids is 1. The van der Waals surface area contributed by atoms with E-state index in [4.69, 9.17) is 21.5 Å². The maximum absolute atomic E-state index is 11.6. The van der Waals surface area contributed by atoms with Crippen molar-refractivity contribution in [1.82, 2.24) is 5.48 Å². The van der Waals surface area contributed by atoms with Gasteiger partial charge in [0.1, 0.15) is 11.5 Å². The number of nitrogens with one attached hydrogen (secondary N) is 1. The molecule has 0 spiro atoms. The van der Waals surface area contributed by atoms with Crippen LogP contribution in [0.1, 0.15) is 18.7 Å². The molecule has 21 heavy (non-hydrogen) atoms. The third kappa shape index (κ3) is 4.20. The quantitative estimate of drug-likeness (QED) is 0.637. The van der Waals surface area contributed by atoms with E-state index in [9.17, 15) is 4.79 Å². The summed E-state index contributed by atoms with van der Waals surface area (Å²) in [5.41, 5.74) is 1.02. The fourth-order valence-corrected chi connectivity index (χ4v) is 2.95. The number of amides is 1. The molecule has 0 unspecified atom stereocenters. The number of halogens is 1. The monoisotopic (exact) mass is 325 g/mol. The molecule has 1 aromatic carbocycles. The van der Waals surface area contributed by atoms with Crippen molar-refractivity contribution in [3.8, 4) is 11.5 Å². The molecular formula is C15H16ClNO3S. The van der Waals surface area contributed by atoms with Crippen LogP contribution in [0.3, 0.4) is 0 Å². The van der Waals surface area contributed by atoms with Crippen molar-refractivity contribution in [2.75, 3.05) is 0 Å². The zero-order valence-electron chi connectivity index (χ0n) is 11.7. The lowest BCUT2D eigenvalue weighted by Gasteiger charge is -2.20. The predicted molar refractivity (Wildman–Crippen MR) is 83.3 cm³/mol. The number of carbonyl (C=O) groups is 1. The third-order valence-electron chi connectivity index (χ3n) is 3.01. The fraction of sp³-hybridized carbons (Fsp3) is 0.267. The van der Waals surface area contributed by atoms with Gasteiger partial charge in [0.05, 0.1) is 5.41 Å². The van der Waals surface area contributed by atoms with E-state index >= 15 is 0 Å². The minimum atomic E-state index is -0.683. The first-order valence-corrected chi connectivity index (χ1v) is 7.62. The van der Waals surface area contributed by atoms with Crippen molar-refractivity contribution in [3.63, 3.8) is 0 Å². The first-order chi connectivity index (χ1) is 9.90. The lowest BCUT2D eigenvalue weighted by atomic mass is 9.88. The summed E-state index contributed by atoms with van der Waals surface area (Å²) in [4.78, 5) is 12.6. The highest BCUT2D eigenvalue weighted by molar-refractivity contribution is 7.10. The first-order valence-electron chi connectivity index (χ1n) is 6.36. The van der Waals surface area contributed by atoms with Crippen molar-refractivity contribution in [2.45, 2.75) is 20.3 Å². The maximum Gasteiger partial charge on any atom is 0.249 e. The minimum absolute atomic E-state index is 0.406. The van der Waals surface area contributed by atoms with Crippen LogP contribution in [-0.4, -0.2) is 11.1 Å². The SMILES string of the molecule is CC(C)(Cc1cc(Oc2ccc(Cl)cc2)cs1)C(=O)NO. The average molecular weight is 326 g/mol. The van der Waals surface area contributed by atoms with Gasteiger partial charge in [0.15, 0.2) is 0 Å². The number of hydrogen-bond acceptors (Lipinski definition) is 4. The highest BCUT2D eigenvalue weighted by atomic mass is 35.5. The van der Waals surface area contributed by atoms with E-state index in [1.165, 1.54) is 11.3 Å². The summed E-state index contributed by atoms with van der Waals surface area (Å²) < 4.78 is 5.72. The molecule has 2 rings (SSSR count). The number of rotatable bonds is 5. The van der Waals surface area contributed by atoms with Crippen molar-refractivity contribution in [2.24, 2.45) is 5.41 Å². The van der Waals surface area contributed by atoms with E-state index in [-0.39, 0.29) is 0 Å². The van der Waals surface area contributed by atoms with Crippen LogP contribution in [0.15, 0.2) is 35.7 Å². The van der Waals surface area contributed by atoms with Gasteiger partial charge in [-0.3, -0.25) is 10.0 Å². The Morgan fingerprint density at radius 3 is 2.62 bits per heavy atom. The highest BCUT2D eigenvalue weighted by Crippen LogP contribution is 2.31. The Bertz CT molecular complexity index is 622. The highest BCUT2D eigenvalue weighted by Gasteiger charge is 2.28. The Balaban J connectivity index is 2.04. The van der Waals surface area contributed by atoms with Gasteiger partial charge in [-0.2, -0.15) is 0 Å². The van der Waals surface area contributed by atoms with Gasteiger partial charge < -0.3 is 4.74 Å². The van der Waals surface area contributed by atoms with E-state index in [0.717, 1.165) is 10.6 Å². The summed E-state index contributed by atoms with van der Waals surface area (Å²) in [5, 5.41) is 11.3. The van der Waals surface area contributed by atoms with Gasteiger partial charge in [-0.1, -0.05) is 25.4 Å². The van der Waals surface area contributed by atoms with Gasteiger partial charge in [0.2, 0.25) is 5.91 Å². The number of hydroxylamine groups is 1.